The molecule has 98 valence electrons. The summed E-state index contributed by atoms with van der Waals surface area (Å²) >= 11 is 12.0. The second-order valence-corrected chi connectivity index (χ2v) is 5.56. The number of rotatable bonds is 0. The number of nitrogens with zero attached hydrogens (tertiary/aromatic N) is 1. The van der Waals surface area contributed by atoms with Crippen molar-refractivity contribution in [2.75, 3.05) is 0 Å². The van der Waals surface area contributed by atoms with Crippen LogP contribution in [0.4, 0.5) is 0 Å². The highest BCUT2D eigenvalue weighted by atomic mass is 35.5. The lowest BCUT2D eigenvalue weighted by Crippen LogP contribution is -2.15. The van der Waals surface area contributed by atoms with Gasteiger partial charge in [-0.15, -0.1) is 0 Å². The Kier molecular flexibility index (Phi) is 2.37. The second-order valence-electron chi connectivity index (χ2n) is 4.69. The number of nitrogens with one attached hydrogen (secondary N) is 1. The van der Waals surface area contributed by atoms with Crippen LogP contribution in [0.15, 0.2) is 47.3 Å². The predicted octanol–water partition coefficient (Wildman–Crippen LogP) is 4.24. The number of aromatic amines is 1. The Bertz CT molecular complexity index is 1050. The van der Waals surface area contributed by atoms with Crippen molar-refractivity contribution in [3.63, 3.8) is 0 Å². The molecule has 4 aromatic rings. The highest BCUT2D eigenvalue weighted by molar-refractivity contribution is 6.31. The lowest BCUT2D eigenvalue weighted by atomic mass is 10.2. The molecule has 0 radical (unpaired) electrons. The Hall–Kier alpha value is -1.97. The van der Waals surface area contributed by atoms with Crippen molar-refractivity contribution in [2.24, 2.45) is 0 Å². The molecular formula is C15H8Cl2N2O. The zero-order valence-electron chi connectivity index (χ0n) is 10.2. The first-order chi connectivity index (χ1) is 9.63. The third-order valence-electron chi connectivity index (χ3n) is 3.47. The van der Waals surface area contributed by atoms with Gasteiger partial charge in [-0.1, -0.05) is 29.3 Å². The molecule has 0 fully saturated rings. The number of benzene rings is 2. The molecule has 1 N–H and O–H groups in total. The third kappa shape index (κ3) is 1.57. The van der Waals surface area contributed by atoms with Gasteiger partial charge in [0, 0.05) is 20.8 Å². The fraction of sp³-hybridized carbons (Fsp3) is 0. The van der Waals surface area contributed by atoms with E-state index in [0.717, 1.165) is 27.3 Å². The van der Waals surface area contributed by atoms with E-state index < -0.39 is 0 Å². The maximum atomic E-state index is 12.3. The van der Waals surface area contributed by atoms with Crippen molar-refractivity contribution in [1.82, 2.24) is 9.38 Å². The lowest BCUT2D eigenvalue weighted by molar-refractivity contribution is 1.07. The number of hydrogen-bond acceptors (Lipinski definition) is 1. The molecule has 0 aliphatic rings. The quantitative estimate of drug-likeness (QED) is 0.518. The minimum Gasteiger partial charge on any atom is -0.306 e. The topological polar surface area (TPSA) is 37.3 Å². The largest absolute Gasteiger partial charge is 0.331 e. The third-order valence-corrected chi connectivity index (χ3v) is 3.94. The van der Waals surface area contributed by atoms with Crippen LogP contribution >= 0.6 is 23.2 Å². The van der Waals surface area contributed by atoms with E-state index in [4.69, 9.17) is 23.2 Å². The summed E-state index contributed by atoms with van der Waals surface area (Å²) in [5, 5.41) is 3.12. The van der Waals surface area contributed by atoms with Crippen LogP contribution in [-0.2, 0) is 0 Å². The van der Waals surface area contributed by atoms with Crippen LogP contribution in [0, 0.1) is 0 Å². The van der Waals surface area contributed by atoms with Gasteiger partial charge in [-0.2, -0.15) is 0 Å². The Morgan fingerprint density at radius 1 is 0.900 bits per heavy atom. The van der Waals surface area contributed by atoms with Crippen molar-refractivity contribution in [2.45, 2.75) is 0 Å². The minimum absolute atomic E-state index is 0.202. The number of H-pyrrole nitrogens is 1. The van der Waals surface area contributed by atoms with Crippen LogP contribution in [0.2, 0.25) is 10.0 Å². The van der Waals surface area contributed by atoms with Gasteiger partial charge in [0.15, 0.2) is 0 Å². The molecule has 0 saturated carbocycles. The van der Waals surface area contributed by atoms with E-state index >= 15 is 0 Å². The van der Waals surface area contributed by atoms with Gasteiger partial charge < -0.3 is 4.98 Å². The van der Waals surface area contributed by atoms with Crippen molar-refractivity contribution >= 4 is 50.5 Å². The summed E-state index contributed by atoms with van der Waals surface area (Å²) in [5.41, 5.74) is 2.17. The summed E-state index contributed by atoms with van der Waals surface area (Å²) in [4.78, 5) is 15.2. The van der Waals surface area contributed by atoms with Gasteiger partial charge in [-0.25, -0.2) is 4.79 Å². The average molecular weight is 303 g/mol. The number of aromatic nitrogens is 2. The van der Waals surface area contributed by atoms with Gasteiger partial charge in [0.2, 0.25) is 0 Å². The number of hydrogen-bond donors (Lipinski definition) is 1. The van der Waals surface area contributed by atoms with Gasteiger partial charge >= 0.3 is 5.69 Å². The van der Waals surface area contributed by atoms with E-state index in [1.54, 1.807) is 16.5 Å². The first kappa shape index (κ1) is 11.8. The molecule has 3 nitrogen and oxygen atoms in total. The van der Waals surface area contributed by atoms with Crippen LogP contribution in [-0.4, -0.2) is 9.38 Å². The molecule has 0 saturated heterocycles. The van der Waals surface area contributed by atoms with Crippen LogP contribution in [0.5, 0.6) is 0 Å². The molecule has 4 rings (SSSR count). The molecule has 0 aliphatic carbocycles. The average Bonchev–Trinajstić information content (AvgIpc) is 2.77. The fourth-order valence-corrected chi connectivity index (χ4v) is 2.94. The normalized spacial score (nSPS) is 11.7. The molecule has 2 aromatic heterocycles. The van der Waals surface area contributed by atoms with E-state index in [0.29, 0.717) is 10.0 Å². The SMILES string of the molecule is O=c1[nH]c2cc(Cl)ccc2c2cc3ccc(Cl)cc3n12. The smallest absolute Gasteiger partial charge is 0.306 e. The molecule has 2 heterocycles. The van der Waals surface area contributed by atoms with Crippen molar-refractivity contribution in [3.8, 4) is 0 Å². The first-order valence-corrected chi connectivity index (χ1v) is 6.81. The van der Waals surface area contributed by atoms with Crippen LogP contribution in [0.3, 0.4) is 0 Å². The Balaban J connectivity index is 2.33. The maximum absolute atomic E-state index is 12.3. The molecule has 20 heavy (non-hydrogen) atoms. The van der Waals surface area contributed by atoms with E-state index in [9.17, 15) is 4.79 Å². The number of fused-ring (bicyclic) bond motifs is 5. The summed E-state index contributed by atoms with van der Waals surface area (Å²) in [6.07, 6.45) is 0. The zero-order chi connectivity index (χ0) is 13.9. The number of halogens is 2. The molecule has 0 aliphatic heterocycles. The minimum atomic E-state index is -0.202. The molecule has 2 aromatic carbocycles. The van der Waals surface area contributed by atoms with Gasteiger partial charge in [-0.05, 0) is 36.4 Å². The Morgan fingerprint density at radius 2 is 1.65 bits per heavy atom. The Labute approximate surface area is 123 Å². The Morgan fingerprint density at radius 3 is 2.50 bits per heavy atom. The summed E-state index contributed by atoms with van der Waals surface area (Å²) in [5.74, 6) is 0. The molecule has 0 amide bonds. The maximum Gasteiger partial charge on any atom is 0.331 e. The molecule has 0 unspecified atom stereocenters. The molecule has 0 spiro atoms. The fourth-order valence-electron chi connectivity index (χ4n) is 2.61. The van der Waals surface area contributed by atoms with E-state index in [-0.39, 0.29) is 5.69 Å². The summed E-state index contributed by atoms with van der Waals surface area (Å²) < 4.78 is 1.64. The summed E-state index contributed by atoms with van der Waals surface area (Å²) in [6, 6.07) is 13.0. The molecule has 5 heteroatoms. The van der Waals surface area contributed by atoms with E-state index in [1.165, 1.54) is 0 Å². The monoisotopic (exact) mass is 302 g/mol. The predicted molar refractivity (Wildman–Crippen MR) is 83.0 cm³/mol. The van der Waals surface area contributed by atoms with Crippen molar-refractivity contribution in [1.29, 1.82) is 0 Å². The standard InChI is InChI=1S/C15H8Cl2N2O/c16-9-3-4-11-12(6-9)18-15(20)19-13-7-10(17)2-1-8(13)5-14(11)19/h1-7H,(H,18,20). The zero-order valence-corrected chi connectivity index (χ0v) is 11.7. The summed E-state index contributed by atoms with van der Waals surface area (Å²) in [7, 11) is 0. The van der Waals surface area contributed by atoms with Gasteiger partial charge in [0.25, 0.3) is 0 Å². The van der Waals surface area contributed by atoms with Crippen LogP contribution in [0.25, 0.3) is 27.3 Å². The van der Waals surface area contributed by atoms with Gasteiger partial charge in [0.1, 0.15) is 0 Å². The van der Waals surface area contributed by atoms with E-state index in [1.807, 2.05) is 30.3 Å². The molecule has 0 atom stereocenters. The van der Waals surface area contributed by atoms with Crippen LogP contribution < -0.4 is 5.69 Å². The second kappa shape index (κ2) is 4.01. The molecule has 0 bridgehead atoms. The van der Waals surface area contributed by atoms with Crippen molar-refractivity contribution in [3.05, 3.63) is 63.0 Å². The molecular weight excluding hydrogens is 295 g/mol. The van der Waals surface area contributed by atoms with Gasteiger partial charge in [-0.3, -0.25) is 4.40 Å². The lowest BCUT2D eigenvalue weighted by Gasteiger charge is -2.02. The highest BCUT2D eigenvalue weighted by Crippen LogP contribution is 2.27. The first-order valence-electron chi connectivity index (χ1n) is 6.06. The van der Waals surface area contributed by atoms with Gasteiger partial charge in [0.05, 0.1) is 16.6 Å². The summed E-state index contributed by atoms with van der Waals surface area (Å²) in [6.45, 7) is 0. The van der Waals surface area contributed by atoms with E-state index in [2.05, 4.69) is 4.98 Å². The van der Waals surface area contributed by atoms with Crippen LogP contribution in [0.1, 0.15) is 0 Å². The highest BCUT2D eigenvalue weighted by Gasteiger charge is 2.10. The van der Waals surface area contributed by atoms with Crippen molar-refractivity contribution < 1.29 is 0 Å².